The van der Waals surface area contributed by atoms with Crippen LogP contribution in [0.5, 0.6) is 0 Å². The molecule has 0 unspecified atom stereocenters. The number of nitrogens with one attached hydrogen (secondary N) is 2. The Morgan fingerprint density at radius 1 is 1.42 bits per heavy atom. The van der Waals surface area contributed by atoms with Crippen molar-refractivity contribution in [2.45, 2.75) is 19.0 Å². The van der Waals surface area contributed by atoms with Gasteiger partial charge in [-0.1, -0.05) is 29.5 Å². The lowest BCUT2D eigenvalue weighted by molar-refractivity contribution is -0.113. The second-order valence-electron chi connectivity index (χ2n) is 3.95. The third-order valence-electron chi connectivity index (χ3n) is 2.39. The number of hydrogen-bond donors (Lipinski definition) is 2. The standard InChI is InChI=1S/C12H14N4OS.ClH/c1-8-3-4-10(9(2)5-8)15-11(17)6-18-12-13-7-14-16-12;/h3-5,7H,6H2,1-2H3,(H,15,17)(H,13,14,16);1H. The molecular weight excluding hydrogens is 284 g/mol. The van der Waals surface area contributed by atoms with Gasteiger partial charge in [-0.05, 0) is 25.5 Å². The van der Waals surface area contributed by atoms with Gasteiger partial charge in [-0.2, -0.15) is 5.10 Å². The summed E-state index contributed by atoms with van der Waals surface area (Å²) < 4.78 is 0. The van der Waals surface area contributed by atoms with Crippen molar-refractivity contribution in [2.24, 2.45) is 0 Å². The lowest BCUT2D eigenvalue weighted by Gasteiger charge is -2.08. The quantitative estimate of drug-likeness (QED) is 0.851. The maximum absolute atomic E-state index is 11.8. The number of anilines is 1. The third-order valence-corrected chi connectivity index (χ3v) is 3.27. The zero-order valence-corrected chi connectivity index (χ0v) is 12.3. The van der Waals surface area contributed by atoms with E-state index in [1.165, 1.54) is 23.7 Å². The minimum atomic E-state index is -0.0525. The number of nitrogens with zero attached hydrogens (tertiary/aromatic N) is 2. The molecule has 2 rings (SSSR count). The van der Waals surface area contributed by atoms with E-state index in [1.807, 2.05) is 32.0 Å². The van der Waals surface area contributed by atoms with E-state index in [1.54, 1.807) is 0 Å². The SMILES string of the molecule is Cc1ccc(NC(=O)CSc2ncn[nH]2)c(C)c1.Cl. The Morgan fingerprint density at radius 2 is 2.21 bits per heavy atom. The van der Waals surface area contributed by atoms with Gasteiger partial charge in [0.05, 0.1) is 5.75 Å². The number of halogens is 1. The molecule has 0 atom stereocenters. The lowest BCUT2D eigenvalue weighted by Crippen LogP contribution is -2.15. The van der Waals surface area contributed by atoms with Gasteiger partial charge in [-0.15, -0.1) is 12.4 Å². The first kappa shape index (κ1) is 15.5. The topological polar surface area (TPSA) is 70.7 Å². The summed E-state index contributed by atoms with van der Waals surface area (Å²) in [7, 11) is 0. The highest BCUT2D eigenvalue weighted by Gasteiger charge is 2.06. The van der Waals surface area contributed by atoms with E-state index in [-0.39, 0.29) is 18.3 Å². The number of hydrogen-bond acceptors (Lipinski definition) is 4. The van der Waals surface area contributed by atoms with E-state index in [2.05, 4.69) is 20.5 Å². The number of amides is 1. The average Bonchev–Trinajstić information content (AvgIpc) is 2.83. The Bertz CT molecular complexity index is 545. The highest BCUT2D eigenvalue weighted by atomic mass is 35.5. The summed E-state index contributed by atoms with van der Waals surface area (Å²) in [4.78, 5) is 15.7. The summed E-state index contributed by atoms with van der Waals surface area (Å²) in [6.07, 6.45) is 1.42. The molecule has 1 aromatic heterocycles. The molecular formula is C12H15ClN4OS. The monoisotopic (exact) mass is 298 g/mol. The van der Waals surface area contributed by atoms with Crippen molar-refractivity contribution in [1.29, 1.82) is 0 Å². The van der Waals surface area contributed by atoms with Gasteiger partial charge in [-0.25, -0.2) is 4.98 Å². The molecule has 0 spiro atoms. The molecule has 0 aliphatic rings. The molecule has 0 saturated carbocycles. The van der Waals surface area contributed by atoms with Crippen LogP contribution in [0.3, 0.4) is 0 Å². The van der Waals surface area contributed by atoms with Gasteiger partial charge in [0, 0.05) is 5.69 Å². The Balaban J connectivity index is 0.00000180. The van der Waals surface area contributed by atoms with Gasteiger partial charge >= 0.3 is 0 Å². The predicted molar refractivity (Wildman–Crippen MR) is 78.9 cm³/mol. The molecule has 102 valence electrons. The van der Waals surface area contributed by atoms with Crippen LogP contribution in [0.1, 0.15) is 11.1 Å². The molecule has 2 N–H and O–H groups in total. The number of thioether (sulfide) groups is 1. The largest absolute Gasteiger partial charge is 0.325 e. The second-order valence-corrected chi connectivity index (χ2v) is 4.91. The normalized spacial score (nSPS) is 9.79. The number of carbonyl (C=O) groups is 1. The van der Waals surface area contributed by atoms with E-state index in [0.29, 0.717) is 10.9 Å². The fourth-order valence-electron chi connectivity index (χ4n) is 1.54. The Kier molecular flexibility index (Phi) is 5.85. The van der Waals surface area contributed by atoms with Crippen molar-refractivity contribution >= 4 is 35.8 Å². The number of aromatic amines is 1. The zero-order chi connectivity index (χ0) is 13.0. The summed E-state index contributed by atoms with van der Waals surface area (Å²) in [6.45, 7) is 4.00. The molecule has 1 heterocycles. The van der Waals surface area contributed by atoms with Gasteiger partial charge in [-0.3, -0.25) is 9.89 Å². The molecule has 0 saturated heterocycles. The van der Waals surface area contributed by atoms with Gasteiger partial charge in [0.1, 0.15) is 6.33 Å². The van der Waals surface area contributed by atoms with Crippen molar-refractivity contribution in [3.8, 4) is 0 Å². The Hall–Kier alpha value is -1.53. The van der Waals surface area contributed by atoms with Crippen molar-refractivity contribution in [3.63, 3.8) is 0 Å². The van der Waals surface area contributed by atoms with Crippen LogP contribution in [0, 0.1) is 13.8 Å². The molecule has 19 heavy (non-hydrogen) atoms. The number of aromatic nitrogens is 3. The highest BCUT2D eigenvalue weighted by molar-refractivity contribution is 7.99. The summed E-state index contributed by atoms with van der Waals surface area (Å²) in [5.41, 5.74) is 3.10. The number of aryl methyl sites for hydroxylation is 2. The van der Waals surface area contributed by atoms with Crippen molar-refractivity contribution < 1.29 is 4.79 Å². The molecule has 0 radical (unpaired) electrons. The van der Waals surface area contributed by atoms with Gasteiger partial charge in [0.15, 0.2) is 5.16 Å². The van der Waals surface area contributed by atoms with Crippen molar-refractivity contribution in [1.82, 2.24) is 15.2 Å². The minimum Gasteiger partial charge on any atom is -0.325 e. The molecule has 5 nitrogen and oxygen atoms in total. The number of carbonyl (C=O) groups excluding carboxylic acids is 1. The molecule has 0 fully saturated rings. The number of benzene rings is 1. The molecule has 0 aliphatic carbocycles. The molecule has 0 bridgehead atoms. The van der Waals surface area contributed by atoms with Gasteiger partial charge < -0.3 is 5.32 Å². The third kappa shape index (κ3) is 4.57. The van der Waals surface area contributed by atoms with Crippen LogP contribution in [-0.2, 0) is 4.79 Å². The lowest BCUT2D eigenvalue weighted by atomic mass is 10.1. The first-order chi connectivity index (χ1) is 8.65. The first-order valence-electron chi connectivity index (χ1n) is 5.50. The van der Waals surface area contributed by atoms with Crippen LogP contribution in [0.25, 0.3) is 0 Å². The summed E-state index contributed by atoms with van der Waals surface area (Å²) in [5, 5.41) is 9.94. The minimum absolute atomic E-state index is 0. The Labute approximate surface area is 122 Å². The maximum Gasteiger partial charge on any atom is 0.234 e. The predicted octanol–water partition coefficient (Wildman–Crippen LogP) is 2.57. The zero-order valence-electron chi connectivity index (χ0n) is 10.6. The van der Waals surface area contributed by atoms with Crippen LogP contribution in [0.2, 0.25) is 0 Å². The van der Waals surface area contributed by atoms with E-state index in [0.717, 1.165) is 11.3 Å². The first-order valence-corrected chi connectivity index (χ1v) is 6.49. The summed E-state index contributed by atoms with van der Waals surface area (Å²) in [5.74, 6) is 0.256. The average molecular weight is 299 g/mol. The van der Waals surface area contributed by atoms with E-state index >= 15 is 0 Å². The summed E-state index contributed by atoms with van der Waals surface area (Å²) >= 11 is 1.32. The highest BCUT2D eigenvalue weighted by Crippen LogP contribution is 2.17. The molecule has 1 aromatic carbocycles. The van der Waals surface area contributed by atoms with Gasteiger partial charge in [0.25, 0.3) is 0 Å². The van der Waals surface area contributed by atoms with Crippen LogP contribution < -0.4 is 5.32 Å². The van der Waals surface area contributed by atoms with E-state index in [4.69, 9.17) is 0 Å². The molecule has 7 heteroatoms. The smallest absolute Gasteiger partial charge is 0.234 e. The molecule has 2 aromatic rings. The molecule has 1 amide bonds. The Morgan fingerprint density at radius 3 is 2.84 bits per heavy atom. The van der Waals surface area contributed by atoms with Crippen LogP contribution >= 0.6 is 24.2 Å². The molecule has 0 aliphatic heterocycles. The van der Waals surface area contributed by atoms with Gasteiger partial charge in [0.2, 0.25) is 5.91 Å². The maximum atomic E-state index is 11.8. The number of H-pyrrole nitrogens is 1. The van der Waals surface area contributed by atoms with Crippen molar-refractivity contribution in [3.05, 3.63) is 35.7 Å². The summed E-state index contributed by atoms with van der Waals surface area (Å²) in [6, 6.07) is 5.94. The van der Waals surface area contributed by atoms with E-state index < -0.39 is 0 Å². The fraction of sp³-hybridized carbons (Fsp3) is 0.250. The van der Waals surface area contributed by atoms with Crippen molar-refractivity contribution in [2.75, 3.05) is 11.1 Å². The number of rotatable bonds is 4. The van der Waals surface area contributed by atoms with Crippen LogP contribution in [-0.4, -0.2) is 26.8 Å². The fourth-order valence-corrected chi connectivity index (χ4v) is 2.12. The van der Waals surface area contributed by atoms with Crippen LogP contribution in [0.15, 0.2) is 29.7 Å². The van der Waals surface area contributed by atoms with Crippen LogP contribution in [0.4, 0.5) is 5.69 Å². The second kappa shape index (κ2) is 7.16. The van der Waals surface area contributed by atoms with E-state index in [9.17, 15) is 4.79 Å².